The standard InChI is InChI=1S/C32H42.2BrH/c1-25-19-21-29(23-27(25)3)13-7-5-9-15-31-17-11-12-18-32(31)16-10-6-8-14-30-22-20-26(2)28(4)24-30;;/h11-12,17-24H,5-10,13-16H2,1-4H3;2*1H/p-2. The van der Waals surface area contributed by atoms with Crippen molar-refractivity contribution < 1.29 is 34.0 Å². The number of unbranched alkanes of at least 4 members (excludes halogenated alkanes) is 4. The molecule has 0 fully saturated rings. The van der Waals surface area contributed by atoms with Crippen molar-refractivity contribution in [3.8, 4) is 0 Å². The number of benzene rings is 3. The maximum absolute atomic E-state index is 2.37. The van der Waals surface area contributed by atoms with Crippen molar-refractivity contribution in [2.24, 2.45) is 0 Å². The van der Waals surface area contributed by atoms with Gasteiger partial charge in [-0.3, -0.25) is 0 Å². The molecule has 3 aromatic carbocycles. The number of rotatable bonds is 12. The zero-order valence-electron chi connectivity index (χ0n) is 21.6. The van der Waals surface area contributed by atoms with E-state index >= 15 is 0 Å². The summed E-state index contributed by atoms with van der Waals surface area (Å²) in [6, 6.07) is 23.0. The lowest BCUT2D eigenvalue weighted by Gasteiger charge is -2.10. The monoisotopic (exact) mass is 584 g/mol. The molecule has 2 heteroatoms. The van der Waals surface area contributed by atoms with Crippen LogP contribution in [0.4, 0.5) is 0 Å². The van der Waals surface area contributed by atoms with Crippen LogP contribution in [0.1, 0.15) is 83.0 Å². The molecule has 0 spiro atoms. The van der Waals surface area contributed by atoms with E-state index in [1.807, 2.05) is 0 Å². The topological polar surface area (TPSA) is 0 Å². The van der Waals surface area contributed by atoms with Gasteiger partial charge in [-0.05, 0) is 124 Å². The van der Waals surface area contributed by atoms with Crippen LogP contribution in [0.2, 0.25) is 0 Å². The van der Waals surface area contributed by atoms with Gasteiger partial charge in [-0.1, -0.05) is 73.5 Å². The van der Waals surface area contributed by atoms with Crippen LogP contribution in [-0.2, 0) is 25.7 Å². The summed E-state index contributed by atoms with van der Waals surface area (Å²) in [4.78, 5) is 0. The van der Waals surface area contributed by atoms with E-state index in [4.69, 9.17) is 0 Å². The van der Waals surface area contributed by atoms with E-state index in [1.165, 1.54) is 97.6 Å². The minimum atomic E-state index is 0. The van der Waals surface area contributed by atoms with Gasteiger partial charge in [-0.25, -0.2) is 0 Å². The SMILES string of the molecule is Cc1ccc(CCCCCc2ccccc2CCCCCc2ccc(C)c(C)c2)cc1C.[Br-].[Br-]. The largest absolute Gasteiger partial charge is 1.00 e. The van der Waals surface area contributed by atoms with Crippen molar-refractivity contribution in [3.05, 3.63) is 105 Å². The summed E-state index contributed by atoms with van der Waals surface area (Å²) in [6.45, 7) is 8.83. The van der Waals surface area contributed by atoms with E-state index in [0.717, 1.165) is 0 Å². The van der Waals surface area contributed by atoms with Crippen molar-refractivity contribution >= 4 is 0 Å². The number of hydrogen-bond donors (Lipinski definition) is 0. The summed E-state index contributed by atoms with van der Waals surface area (Å²) in [7, 11) is 0. The lowest BCUT2D eigenvalue weighted by Crippen LogP contribution is -3.00. The van der Waals surface area contributed by atoms with Crippen LogP contribution in [0.15, 0.2) is 60.7 Å². The van der Waals surface area contributed by atoms with Gasteiger partial charge in [0.05, 0.1) is 0 Å². The van der Waals surface area contributed by atoms with Gasteiger partial charge < -0.3 is 34.0 Å². The van der Waals surface area contributed by atoms with Gasteiger partial charge in [0.15, 0.2) is 0 Å². The van der Waals surface area contributed by atoms with Crippen LogP contribution in [0.3, 0.4) is 0 Å². The maximum Gasteiger partial charge on any atom is -0.0276 e. The lowest BCUT2D eigenvalue weighted by molar-refractivity contribution is -0.00100. The quantitative estimate of drug-likeness (QED) is 0.287. The van der Waals surface area contributed by atoms with E-state index in [0.29, 0.717) is 0 Å². The van der Waals surface area contributed by atoms with Gasteiger partial charge in [0.2, 0.25) is 0 Å². The normalized spacial score (nSPS) is 10.5. The highest BCUT2D eigenvalue weighted by atomic mass is 79.9. The van der Waals surface area contributed by atoms with Crippen molar-refractivity contribution in [3.63, 3.8) is 0 Å². The first-order chi connectivity index (χ1) is 15.5. The molecule has 0 saturated heterocycles. The molecule has 0 nitrogen and oxygen atoms in total. The summed E-state index contributed by atoms with van der Waals surface area (Å²) in [5.41, 5.74) is 11.8. The first-order valence-electron chi connectivity index (χ1n) is 12.7. The predicted molar refractivity (Wildman–Crippen MR) is 141 cm³/mol. The molecule has 34 heavy (non-hydrogen) atoms. The molecule has 0 amide bonds. The maximum atomic E-state index is 2.37. The van der Waals surface area contributed by atoms with Crippen molar-refractivity contribution in [2.75, 3.05) is 0 Å². The third-order valence-corrected chi connectivity index (χ3v) is 7.08. The van der Waals surface area contributed by atoms with E-state index in [-0.39, 0.29) is 34.0 Å². The Balaban J connectivity index is 0.00000289. The smallest absolute Gasteiger partial charge is 0.0276 e. The predicted octanol–water partition coefficient (Wildman–Crippen LogP) is 2.84. The highest BCUT2D eigenvalue weighted by Crippen LogP contribution is 2.18. The summed E-state index contributed by atoms with van der Waals surface area (Å²) in [6.07, 6.45) is 12.7. The average molecular weight is 586 g/mol. The van der Waals surface area contributed by atoms with Crippen LogP contribution in [-0.4, -0.2) is 0 Å². The molecule has 0 aliphatic heterocycles. The molecule has 3 aromatic rings. The van der Waals surface area contributed by atoms with Crippen molar-refractivity contribution in [1.29, 1.82) is 0 Å². The second-order valence-electron chi connectivity index (χ2n) is 9.73. The lowest BCUT2D eigenvalue weighted by atomic mass is 9.95. The van der Waals surface area contributed by atoms with Gasteiger partial charge in [-0.15, -0.1) is 0 Å². The Morgan fingerprint density at radius 1 is 0.412 bits per heavy atom. The Morgan fingerprint density at radius 2 is 0.794 bits per heavy atom. The average Bonchev–Trinajstić information content (AvgIpc) is 2.79. The fourth-order valence-corrected chi connectivity index (χ4v) is 4.61. The van der Waals surface area contributed by atoms with E-state index in [9.17, 15) is 0 Å². The van der Waals surface area contributed by atoms with Crippen molar-refractivity contribution in [1.82, 2.24) is 0 Å². The van der Waals surface area contributed by atoms with Crippen molar-refractivity contribution in [2.45, 2.75) is 91.9 Å². The molecule has 0 N–H and O–H groups in total. The third kappa shape index (κ3) is 10.1. The van der Waals surface area contributed by atoms with Crippen LogP contribution in [0.25, 0.3) is 0 Å². The van der Waals surface area contributed by atoms with Crippen LogP contribution >= 0.6 is 0 Å². The molecular formula is C32H42Br2-2. The molecule has 0 saturated carbocycles. The molecule has 0 atom stereocenters. The van der Waals surface area contributed by atoms with Crippen LogP contribution < -0.4 is 34.0 Å². The Bertz CT molecular complexity index is 910. The first kappa shape index (κ1) is 30.7. The van der Waals surface area contributed by atoms with Gasteiger partial charge in [0.1, 0.15) is 0 Å². The fraction of sp³-hybridized carbons (Fsp3) is 0.438. The molecular weight excluding hydrogens is 544 g/mol. The van der Waals surface area contributed by atoms with Gasteiger partial charge in [0, 0.05) is 0 Å². The number of aryl methyl sites for hydroxylation is 8. The summed E-state index contributed by atoms with van der Waals surface area (Å²) < 4.78 is 0. The summed E-state index contributed by atoms with van der Waals surface area (Å²) >= 11 is 0. The summed E-state index contributed by atoms with van der Waals surface area (Å²) in [5.74, 6) is 0. The van der Waals surface area contributed by atoms with E-state index in [1.54, 1.807) is 11.1 Å². The molecule has 0 aromatic heterocycles. The molecule has 186 valence electrons. The van der Waals surface area contributed by atoms with Crippen LogP contribution in [0, 0.1) is 27.7 Å². The molecule has 3 rings (SSSR count). The molecule has 0 bridgehead atoms. The zero-order chi connectivity index (χ0) is 22.8. The number of hydrogen-bond acceptors (Lipinski definition) is 0. The summed E-state index contributed by atoms with van der Waals surface area (Å²) in [5, 5.41) is 0. The second kappa shape index (κ2) is 16.3. The van der Waals surface area contributed by atoms with Gasteiger partial charge in [-0.2, -0.15) is 0 Å². The Morgan fingerprint density at radius 3 is 1.18 bits per heavy atom. The highest BCUT2D eigenvalue weighted by molar-refractivity contribution is 5.31. The fourth-order valence-electron chi connectivity index (χ4n) is 4.61. The molecule has 0 heterocycles. The first-order valence-corrected chi connectivity index (χ1v) is 12.7. The zero-order valence-corrected chi connectivity index (χ0v) is 24.8. The van der Waals surface area contributed by atoms with Gasteiger partial charge >= 0.3 is 0 Å². The Hall–Kier alpha value is -1.38. The Labute approximate surface area is 230 Å². The highest BCUT2D eigenvalue weighted by Gasteiger charge is 2.04. The van der Waals surface area contributed by atoms with E-state index < -0.39 is 0 Å². The molecule has 0 radical (unpaired) electrons. The minimum Gasteiger partial charge on any atom is -1.00 e. The second-order valence-corrected chi connectivity index (χ2v) is 9.73. The molecule has 0 unspecified atom stereocenters. The molecule has 0 aliphatic rings. The minimum absolute atomic E-state index is 0. The van der Waals surface area contributed by atoms with Gasteiger partial charge in [0.25, 0.3) is 0 Å². The van der Waals surface area contributed by atoms with E-state index in [2.05, 4.69) is 88.4 Å². The third-order valence-electron chi connectivity index (χ3n) is 7.08. The Kier molecular flexibility index (Phi) is 14.7. The van der Waals surface area contributed by atoms with Crippen LogP contribution in [0.5, 0.6) is 0 Å². The number of halogens is 2. The molecule has 0 aliphatic carbocycles.